The van der Waals surface area contributed by atoms with Gasteiger partial charge in [0.1, 0.15) is 0 Å². The number of rotatable bonds is 4. The molecule has 1 atom stereocenters. The maximum absolute atomic E-state index is 5.41. The first kappa shape index (κ1) is 15.2. The van der Waals surface area contributed by atoms with Gasteiger partial charge < -0.3 is 9.30 Å². The Morgan fingerprint density at radius 3 is 1.85 bits per heavy atom. The third kappa shape index (κ3) is 2.37. The average molecular weight is 351 g/mol. The van der Waals surface area contributed by atoms with Crippen molar-refractivity contribution in [2.45, 2.75) is 25.5 Å². The van der Waals surface area contributed by atoms with Crippen LogP contribution in [0.3, 0.4) is 0 Å². The van der Waals surface area contributed by atoms with Gasteiger partial charge in [-0.1, -0.05) is 60.7 Å². The molecule has 1 fully saturated rings. The standard InChI is InChI=1S/C25H21NO/c1-3-9-20-17(6-1)11-13-22-24(20)25-21-10-4-2-7-18(21)12-14-23(25)26(22)15-5-8-19-16-27-19/h1-4,6-7,9-14,19H,5,8,15-16H2. The van der Waals surface area contributed by atoms with Crippen molar-refractivity contribution < 1.29 is 4.74 Å². The largest absolute Gasteiger partial charge is 0.373 e. The van der Waals surface area contributed by atoms with E-state index in [1.807, 2.05) is 0 Å². The first-order valence-corrected chi connectivity index (χ1v) is 9.83. The van der Waals surface area contributed by atoms with E-state index in [9.17, 15) is 0 Å². The maximum atomic E-state index is 5.41. The van der Waals surface area contributed by atoms with E-state index in [1.54, 1.807) is 0 Å². The summed E-state index contributed by atoms with van der Waals surface area (Å²) in [5.74, 6) is 0. The zero-order valence-electron chi connectivity index (χ0n) is 15.2. The van der Waals surface area contributed by atoms with Crippen LogP contribution in [-0.4, -0.2) is 17.3 Å². The summed E-state index contributed by atoms with van der Waals surface area (Å²) < 4.78 is 7.93. The number of aromatic nitrogens is 1. The maximum Gasteiger partial charge on any atom is 0.0810 e. The fraction of sp³-hybridized carbons (Fsp3) is 0.200. The van der Waals surface area contributed by atoms with Gasteiger partial charge in [0.25, 0.3) is 0 Å². The van der Waals surface area contributed by atoms with E-state index in [0.717, 1.165) is 26.0 Å². The minimum Gasteiger partial charge on any atom is -0.373 e. The highest BCUT2D eigenvalue weighted by Crippen LogP contribution is 2.39. The molecule has 0 bridgehead atoms. The normalized spacial score (nSPS) is 16.7. The molecule has 2 heterocycles. The van der Waals surface area contributed by atoms with E-state index in [0.29, 0.717) is 6.10 Å². The van der Waals surface area contributed by atoms with Crippen LogP contribution in [0.25, 0.3) is 43.4 Å². The number of nitrogens with zero attached hydrogens (tertiary/aromatic N) is 1. The third-order valence-corrected chi connectivity index (χ3v) is 5.96. The second-order valence-corrected chi connectivity index (χ2v) is 7.61. The number of fused-ring (bicyclic) bond motifs is 7. The van der Waals surface area contributed by atoms with Gasteiger partial charge in [-0.05, 0) is 46.5 Å². The molecule has 6 rings (SSSR count). The summed E-state index contributed by atoms with van der Waals surface area (Å²) >= 11 is 0. The third-order valence-electron chi connectivity index (χ3n) is 5.96. The van der Waals surface area contributed by atoms with E-state index in [2.05, 4.69) is 77.4 Å². The molecule has 2 heteroatoms. The molecule has 1 saturated heterocycles. The van der Waals surface area contributed by atoms with Crippen LogP contribution in [0.2, 0.25) is 0 Å². The van der Waals surface area contributed by atoms with Gasteiger partial charge in [-0.25, -0.2) is 0 Å². The van der Waals surface area contributed by atoms with Crippen molar-refractivity contribution in [2.24, 2.45) is 0 Å². The zero-order chi connectivity index (χ0) is 17.8. The van der Waals surface area contributed by atoms with E-state index in [4.69, 9.17) is 4.74 Å². The van der Waals surface area contributed by atoms with Crippen LogP contribution in [0.15, 0.2) is 72.8 Å². The van der Waals surface area contributed by atoms with Crippen molar-refractivity contribution in [3.8, 4) is 0 Å². The molecule has 1 aliphatic rings. The summed E-state index contributed by atoms with van der Waals surface area (Å²) in [4.78, 5) is 0. The lowest BCUT2D eigenvalue weighted by atomic mass is 10.00. The summed E-state index contributed by atoms with van der Waals surface area (Å²) in [5.41, 5.74) is 2.69. The Balaban J connectivity index is 1.71. The first-order valence-electron chi connectivity index (χ1n) is 9.83. The molecule has 0 amide bonds. The van der Waals surface area contributed by atoms with Crippen LogP contribution in [0.5, 0.6) is 0 Å². The first-order chi connectivity index (χ1) is 13.4. The number of benzene rings is 4. The topological polar surface area (TPSA) is 17.5 Å². The lowest BCUT2D eigenvalue weighted by molar-refractivity contribution is 0.387. The Hall–Kier alpha value is -2.84. The van der Waals surface area contributed by atoms with Crippen LogP contribution in [0.1, 0.15) is 12.8 Å². The Bertz CT molecular complexity index is 1220. The zero-order valence-corrected chi connectivity index (χ0v) is 15.2. The van der Waals surface area contributed by atoms with Crippen LogP contribution in [-0.2, 0) is 11.3 Å². The van der Waals surface area contributed by atoms with E-state index in [1.165, 1.54) is 43.4 Å². The predicted molar refractivity (Wildman–Crippen MR) is 113 cm³/mol. The number of hydrogen-bond donors (Lipinski definition) is 0. The molecule has 2 nitrogen and oxygen atoms in total. The quantitative estimate of drug-likeness (QED) is 0.348. The predicted octanol–water partition coefficient (Wildman–Crippen LogP) is 6.28. The molecule has 27 heavy (non-hydrogen) atoms. The van der Waals surface area contributed by atoms with Crippen LogP contribution in [0, 0.1) is 0 Å². The minimum absolute atomic E-state index is 0.500. The molecule has 1 aliphatic heterocycles. The molecule has 5 aromatic rings. The molecule has 1 aromatic heterocycles. The molecule has 132 valence electrons. The average Bonchev–Trinajstić information content (AvgIpc) is 3.49. The number of aryl methyl sites for hydroxylation is 1. The number of hydrogen-bond acceptors (Lipinski definition) is 1. The van der Waals surface area contributed by atoms with Crippen molar-refractivity contribution in [2.75, 3.05) is 6.61 Å². The Morgan fingerprint density at radius 2 is 1.30 bits per heavy atom. The van der Waals surface area contributed by atoms with Crippen molar-refractivity contribution in [3.05, 3.63) is 72.8 Å². The molecular weight excluding hydrogens is 330 g/mol. The molecule has 0 aliphatic carbocycles. The summed E-state index contributed by atoms with van der Waals surface area (Å²) in [6, 6.07) is 26.7. The second-order valence-electron chi connectivity index (χ2n) is 7.61. The van der Waals surface area contributed by atoms with Crippen molar-refractivity contribution >= 4 is 43.4 Å². The Morgan fingerprint density at radius 1 is 0.741 bits per heavy atom. The van der Waals surface area contributed by atoms with Crippen molar-refractivity contribution in [1.82, 2.24) is 4.57 Å². The van der Waals surface area contributed by atoms with Gasteiger partial charge in [0.15, 0.2) is 0 Å². The Kier molecular flexibility index (Phi) is 3.29. The number of epoxide rings is 1. The van der Waals surface area contributed by atoms with Crippen LogP contribution >= 0.6 is 0 Å². The summed E-state index contributed by atoms with van der Waals surface area (Å²) in [6.45, 7) is 1.99. The summed E-state index contributed by atoms with van der Waals surface area (Å²) in [6.07, 6.45) is 2.81. The molecule has 0 saturated carbocycles. The Labute approximate surface area is 158 Å². The van der Waals surface area contributed by atoms with Crippen LogP contribution < -0.4 is 0 Å². The monoisotopic (exact) mass is 351 g/mol. The molecule has 0 radical (unpaired) electrons. The van der Waals surface area contributed by atoms with E-state index >= 15 is 0 Å². The lowest BCUT2D eigenvalue weighted by Gasteiger charge is -2.07. The molecule has 0 spiro atoms. The second kappa shape index (κ2) is 5.83. The highest BCUT2D eigenvalue weighted by Gasteiger charge is 2.22. The molecule has 4 aromatic carbocycles. The number of ether oxygens (including phenoxy) is 1. The highest BCUT2D eigenvalue weighted by molar-refractivity contribution is 6.27. The van der Waals surface area contributed by atoms with Crippen molar-refractivity contribution in [1.29, 1.82) is 0 Å². The highest BCUT2D eigenvalue weighted by atomic mass is 16.6. The lowest BCUT2D eigenvalue weighted by Crippen LogP contribution is -1.99. The fourth-order valence-corrected chi connectivity index (χ4v) is 4.58. The van der Waals surface area contributed by atoms with Gasteiger partial charge in [0.2, 0.25) is 0 Å². The van der Waals surface area contributed by atoms with Gasteiger partial charge in [-0.2, -0.15) is 0 Å². The van der Waals surface area contributed by atoms with Gasteiger partial charge in [-0.3, -0.25) is 0 Å². The smallest absolute Gasteiger partial charge is 0.0810 e. The molecule has 1 unspecified atom stereocenters. The van der Waals surface area contributed by atoms with Gasteiger partial charge in [0.05, 0.1) is 12.7 Å². The van der Waals surface area contributed by atoms with Crippen LogP contribution in [0.4, 0.5) is 0 Å². The van der Waals surface area contributed by atoms with Gasteiger partial charge in [-0.15, -0.1) is 0 Å². The summed E-state index contributed by atoms with van der Waals surface area (Å²) in [5, 5.41) is 8.10. The molecule has 0 N–H and O–H groups in total. The van der Waals surface area contributed by atoms with Crippen molar-refractivity contribution in [3.63, 3.8) is 0 Å². The molecular formula is C25H21NO. The minimum atomic E-state index is 0.500. The van der Waals surface area contributed by atoms with E-state index in [-0.39, 0.29) is 0 Å². The van der Waals surface area contributed by atoms with E-state index < -0.39 is 0 Å². The fourth-order valence-electron chi connectivity index (χ4n) is 4.58. The SMILES string of the molecule is c1ccc2c(c1)ccc1c2c2c3ccccc3ccc2n1CCCC1CO1. The summed E-state index contributed by atoms with van der Waals surface area (Å²) in [7, 11) is 0. The van der Waals surface area contributed by atoms with Gasteiger partial charge >= 0.3 is 0 Å². The van der Waals surface area contributed by atoms with Gasteiger partial charge in [0, 0.05) is 28.4 Å².